The molecule has 0 aliphatic heterocycles. The minimum atomic E-state index is -5.12. The van der Waals surface area contributed by atoms with Crippen LogP contribution in [-0.2, 0) is 17.9 Å². The van der Waals surface area contributed by atoms with Gasteiger partial charge in [-0.3, -0.25) is 9.78 Å². The Morgan fingerprint density at radius 3 is 2.50 bits per heavy atom. The molecule has 0 unspecified atom stereocenters. The maximum absolute atomic E-state index is 13.5. The molecule has 1 N–H and O–H groups in total. The molecule has 0 radical (unpaired) electrons. The fourth-order valence-electron chi connectivity index (χ4n) is 1.16. The van der Waals surface area contributed by atoms with Crippen molar-refractivity contribution in [2.45, 2.75) is 19.5 Å². The maximum atomic E-state index is 13.5. The Labute approximate surface area is 97.0 Å². The van der Waals surface area contributed by atoms with Crippen molar-refractivity contribution in [3.8, 4) is 5.75 Å². The number of nitrogens with zero attached hydrogens (tertiary/aromatic N) is 1. The molecule has 4 nitrogen and oxygen atoms in total. The van der Waals surface area contributed by atoms with E-state index in [0.717, 1.165) is 0 Å². The zero-order valence-electron chi connectivity index (χ0n) is 8.59. The summed E-state index contributed by atoms with van der Waals surface area (Å²) in [4.78, 5) is 13.5. The molecule has 0 saturated heterocycles. The number of hydrogen-bond acceptors (Lipinski definition) is 3. The zero-order chi connectivity index (χ0) is 13.9. The number of alkyl halides is 4. The Kier molecular flexibility index (Phi) is 4.04. The van der Waals surface area contributed by atoms with Crippen LogP contribution >= 0.6 is 0 Å². The summed E-state index contributed by atoms with van der Waals surface area (Å²) in [6, 6.07) is 0. The van der Waals surface area contributed by atoms with Gasteiger partial charge in [-0.25, -0.2) is 8.78 Å². The first-order valence-corrected chi connectivity index (χ1v) is 4.44. The number of aliphatic carboxylic acids is 1. The summed E-state index contributed by atoms with van der Waals surface area (Å²) in [7, 11) is 0. The summed E-state index contributed by atoms with van der Waals surface area (Å²) in [6.45, 7) is -1.58. The molecule has 0 saturated carbocycles. The Balaban J connectivity index is 3.16. The molecule has 1 rings (SSSR count). The average Bonchev–Trinajstić information content (AvgIpc) is 2.20. The average molecular weight is 271 g/mol. The van der Waals surface area contributed by atoms with E-state index in [2.05, 4.69) is 9.72 Å². The molecule has 1 heterocycles. The van der Waals surface area contributed by atoms with Gasteiger partial charge in [0.25, 0.3) is 0 Å². The maximum Gasteiger partial charge on any atom is 0.573 e. The molecule has 0 aromatic carbocycles. The van der Waals surface area contributed by atoms with Gasteiger partial charge in [-0.15, -0.1) is 13.2 Å². The van der Waals surface area contributed by atoms with Crippen LogP contribution in [-0.4, -0.2) is 22.4 Å². The summed E-state index contributed by atoms with van der Waals surface area (Å²) in [6.07, 6.45) is -5.55. The number of rotatable bonds is 4. The predicted molar refractivity (Wildman–Crippen MR) is 47.0 cm³/mol. The second kappa shape index (κ2) is 5.15. The van der Waals surface area contributed by atoms with Crippen LogP contribution in [0.2, 0.25) is 0 Å². The van der Waals surface area contributed by atoms with E-state index in [-0.39, 0.29) is 0 Å². The summed E-state index contributed by atoms with van der Waals surface area (Å²) < 4.78 is 65.0. The van der Waals surface area contributed by atoms with E-state index < -0.39 is 48.3 Å². The number of pyridine rings is 1. The highest BCUT2D eigenvalue weighted by atomic mass is 19.4. The van der Waals surface area contributed by atoms with Crippen LogP contribution in [0.5, 0.6) is 5.75 Å². The second-order valence-corrected chi connectivity index (χ2v) is 3.11. The van der Waals surface area contributed by atoms with Crippen LogP contribution in [0.4, 0.5) is 22.0 Å². The van der Waals surface area contributed by atoms with Crippen molar-refractivity contribution in [1.29, 1.82) is 0 Å². The molecule has 0 aliphatic carbocycles. The van der Waals surface area contributed by atoms with E-state index in [1.165, 1.54) is 0 Å². The molecular weight excluding hydrogens is 265 g/mol. The molecule has 0 amide bonds. The number of halogens is 5. The lowest BCUT2D eigenvalue weighted by Crippen LogP contribution is -2.19. The Bertz CT molecular complexity index is 460. The van der Waals surface area contributed by atoms with Crippen LogP contribution in [0.25, 0.3) is 0 Å². The number of carbonyl (C=O) groups is 1. The minimum Gasteiger partial charge on any atom is -0.481 e. The number of aromatic nitrogens is 1. The third kappa shape index (κ3) is 3.54. The van der Waals surface area contributed by atoms with E-state index in [4.69, 9.17) is 5.11 Å². The van der Waals surface area contributed by atoms with Crippen molar-refractivity contribution >= 4 is 5.97 Å². The van der Waals surface area contributed by atoms with Gasteiger partial charge in [0.2, 0.25) is 0 Å². The summed E-state index contributed by atoms with van der Waals surface area (Å²) in [5.74, 6) is -4.03. The van der Waals surface area contributed by atoms with Crippen LogP contribution < -0.4 is 4.74 Å². The predicted octanol–water partition coefficient (Wildman–Crippen LogP) is 2.22. The third-order valence-corrected chi connectivity index (χ3v) is 1.83. The standard InChI is InChI=1S/C9H6F5NO3/c10-2-4-6(18-9(12,13)14)3-15-5(8(4)11)1-7(16)17/h3H,1-2H2,(H,16,17). The third-order valence-electron chi connectivity index (χ3n) is 1.83. The van der Waals surface area contributed by atoms with Gasteiger partial charge in [-0.05, 0) is 0 Å². The molecule has 0 spiro atoms. The number of hydrogen-bond donors (Lipinski definition) is 1. The Morgan fingerprint density at radius 2 is 2.06 bits per heavy atom. The molecule has 0 atom stereocenters. The minimum absolute atomic E-state index is 0.434. The second-order valence-electron chi connectivity index (χ2n) is 3.11. The van der Waals surface area contributed by atoms with Crippen molar-refractivity contribution in [3.05, 3.63) is 23.3 Å². The summed E-state index contributed by atoms with van der Waals surface area (Å²) >= 11 is 0. The van der Waals surface area contributed by atoms with Crippen molar-refractivity contribution in [2.24, 2.45) is 0 Å². The van der Waals surface area contributed by atoms with Crippen molar-refractivity contribution < 1.29 is 36.6 Å². The van der Waals surface area contributed by atoms with Gasteiger partial charge in [0, 0.05) is 0 Å². The largest absolute Gasteiger partial charge is 0.573 e. The van der Waals surface area contributed by atoms with Gasteiger partial charge in [-0.2, -0.15) is 0 Å². The quantitative estimate of drug-likeness (QED) is 0.853. The molecule has 0 bridgehead atoms. The molecule has 9 heteroatoms. The van der Waals surface area contributed by atoms with Gasteiger partial charge < -0.3 is 9.84 Å². The molecule has 100 valence electrons. The first kappa shape index (κ1) is 14.1. The Morgan fingerprint density at radius 1 is 1.44 bits per heavy atom. The summed E-state index contributed by atoms with van der Waals surface area (Å²) in [5, 5.41) is 8.40. The number of carboxylic acid groups (broad SMARTS) is 1. The highest BCUT2D eigenvalue weighted by Gasteiger charge is 2.33. The fourth-order valence-corrected chi connectivity index (χ4v) is 1.16. The van der Waals surface area contributed by atoms with E-state index in [1.54, 1.807) is 0 Å². The first-order valence-electron chi connectivity index (χ1n) is 4.44. The normalized spacial score (nSPS) is 11.4. The highest BCUT2D eigenvalue weighted by molar-refractivity contribution is 5.69. The zero-order valence-corrected chi connectivity index (χ0v) is 8.59. The molecule has 1 aromatic rings. The monoisotopic (exact) mass is 271 g/mol. The van der Waals surface area contributed by atoms with Crippen LogP contribution in [0, 0.1) is 5.82 Å². The van der Waals surface area contributed by atoms with Crippen LogP contribution in [0.1, 0.15) is 11.3 Å². The van der Waals surface area contributed by atoms with Crippen molar-refractivity contribution in [2.75, 3.05) is 0 Å². The fraction of sp³-hybridized carbons (Fsp3) is 0.333. The molecule has 0 fully saturated rings. The van der Waals surface area contributed by atoms with Gasteiger partial charge in [-0.1, -0.05) is 0 Å². The number of carboxylic acids is 1. The lowest BCUT2D eigenvalue weighted by Gasteiger charge is -2.13. The smallest absolute Gasteiger partial charge is 0.481 e. The first-order chi connectivity index (χ1) is 8.24. The van der Waals surface area contributed by atoms with E-state index >= 15 is 0 Å². The van der Waals surface area contributed by atoms with Gasteiger partial charge >= 0.3 is 12.3 Å². The number of ether oxygens (including phenoxy) is 1. The lowest BCUT2D eigenvalue weighted by molar-refractivity contribution is -0.275. The summed E-state index contributed by atoms with van der Waals surface area (Å²) in [5.41, 5.74) is -1.68. The molecule has 1 aromatic heterocycles. The highest BCUT2D eigenvalue weighted by Crippen LogP contribution is 2.29. The Hall–Kier alpha value is -1.93. The molecular formula is C9H6F5NO3. The van der Waals surface area contributed by atoms with E-state index in [9.17, 15) is 26.7 Å². The molecule has 0 aliphatic rings. The SMILES string of the molecule is O=C(O)Cc1ncc(OC(F)(F)F)c(CF)c1F. The van der Waals surface area contributed by atoms with Gasteiger partial charge in [0.1, 0.15) is 6.67 Å². The van der Waals surface area contributed by atoms with E-state index in [1.807, 2.05) is 0 Å². The van der Waals surface area contributed by atoms with Gasteiger partial charge in [0.15, 0.2) is 11.6 Å². The van der Waals surface area contributed by atoms with Crippen LogP contribution in [0.15, 0.2) is 6.20 Å². The lowest BCUT2D eigenvalue weighted by atomic mass is 10.1. The van der Waals surface area contributed by atoms with Crippen LogP contribution in [0.3, 0.4) is 0 Å². The molecule has 18 heavy (non-hydrogen) atoms. The van der Waals surface area contributed by atoms with Gasteiger partial charge in [0.05, 0.1) is 23.9 Å². The van der Waals surface area contributed by atoms with E-state index in [0.29, 0.717) is 6.20 Å². The van der Waals surface area contributed by atoms with Crippen molar-refractivity contribution in [3.63, 3.8) is 0 Å². The topological polar surface area (TPSA) is 59.4 Å². The van der Waals surface area contributed by atoms with Crippen molar-refractivity contribution in [1.82, 2.24) is 4.98 Å².